The van der Waals surface area contributed by atoms with Gasteiger partial charge in [0.1, 0.15) is 5.75 Å². The number of carbonyl (C=O) groups excluding carboxylic acids is 2. The first kappa shape index (κ1) is 24.0. The lowest BCUT2D eigenvalue weighted by Crippen LogP contribution is -2.34. The maximum atomic E-state index is 12.8. The number of benzene rings is 2. The Morgan fingerprint density at radius 3 is 2.78 bits per heavy atom. The smallest absolute Gasteiger partial charge is 0.295 e. The number of nitrogens with zero attached hydrogens (tertiary/aromatic N) is 3. The lowest BCUT2D eigenvalue weighted by molar-refractivity contribution is -0.119. The van der Waals surface area contributed by atoms with Crippen molar-refractivity contribution < 1.29 is 18.7 Å². The summed E-state index contributed by atoms with van der Waals surface area (Å²) in [6.45, 7) is 3.82. The summed E-state index contributed by atoms with van der Waals surface area (Å²) in [5.74, 6) is 0.947. The molecule has 0 unspecified atom stereocenters. The number of methoxy groups -OCH3 is 1. The summed E-state index contributed by atoms with van der Waals surface area (Å²) in [4.78, 5) is 35.8. The molecule has 1 N–H and O–H groups in total. The van der Waals surface area contributed by atoms with Gasteiger partial charge in [-0.3, -0.25) is 14.9 Å². The summed E-state index contributed by atoms with van der Waals surface area (Å²) in [5, 5.41) is 5.69. The summed E-state index contributed by atoms with van der Waals surface area (Å²) in [7, 11) is 1.59. The second-order valence-electron chi connectivity index (χ2n) is 8.46. The SMILES string of the molecule is COc1cc(Cl)cc(CN2C(=O)CCc3cc(-c4csc(NC(=O)c5oc(C)nc5C)n4)ccc32)c1. The Kier molecular flexibility index (Phi) is 6.51. The molecule has 2 amide bonds. The lowest BCUT2D eigenvalue weighted by Gasteiger charge is -2.30. The molecule has 0 saturated carbocycles. The standard InChI is InChI=1S/C26H23ClN4O4S/c1-14-24(35-15(2)28-14)25(33)30-26-29-21(13-36-26)17-4-6-22-18(10-17)5-7-23(32)31(22)12-16-8-19(27)11-20(9-16)34-3/h4,6,8-11,13H,5,7,12H2,1-3H3,(H,29,30,33). The van der Waals surface area contributed by atoms with Crippen molar-refractivity contribution in [2.75, 3.05) is 17.3 Å². The molecule has 2 aromatic heterocycles. The number of oxazole rings is 1. The van der Waals surface area contributed by atoms with Crippen LogP contribution in [0, 0.1) is 13.8 Å². The fourth-order valence-electron chi connectivity index (χ4n) is 4.26. The number of hydrogen-bond donors (Lipinski definition) is 1. The largest absolute Gasteiger partial charge is 0.497 e. The second kappa shape index (κ2) is 9.75. The summed E-state index contributed by atoms with van der Waals surface area (Å²) in [5.41, 5.74) is 5.01. The maximum absolute atomic E-state index is 12.8. The van der Waals surface area contributed by atoms with E-state index in [-0.39, 0.29) is 17.6 Å². The maximum Gasteiger partial charge on any atom is 0.295 e. The van der Waals surface area contributed by atoms with E-state index in [0.29, 0.717) is 46.9 Å². The van der Waals surface area contributed by atoms with E-state index >= 15 is 0 Å². The first-order chi connectivity index (χ1) is 17.3. The Morgan fingerprint density at radius 1 is 1.19 bits per heavy atom. The predicted octanol–water partition coefficient (Wildman–Crippen LogP) is 5.81. The molecule has 0 spiro atoms. The van der Waals surface area contributed by atoms with E-state index in [4.69, 9.17) is 20.8 Å². The van der Waals surface area contributed by atoms with Crippen LogP contribution in [-0.4, -0.2) is 28.9 Å². The molecule has 1 aliphatic rings. The van der Waals surface area contributed by atoms with Gasteiger partial charge < -0.3 is 14.1 Å². The Bertz CT molecular complexity index is 1480. The van der Waals surface area contributed by atoms with Crippen LogP contribution in [0.3, 0.4) is 0 Å². The molecular weight excluding hydrogens is 500 g/mol. The van der Waals surface area contributed by atoms with Crippen molar-refractivity contribution in [3.05, 3.63) is 75.3 Å². The van der Waals surface area contributed by atoms with Gasteiger partial charge in [-0.05, 0) is 54.8 Å². The van der Waals surface area contributed by atoms with Crippen molar-refractivity contribution in [2.24, 2.45) is 0 Å². The molecule has 0 bridgehead atoms. The van der Waals surface area contributed by atoms with Crippen LogP contribution in [0.15, 0.2) is 46.2 Å². The van der Waals surface area contributed by atoms with Crippen LogP contribution in [0.1, 0.15) is 39.7 Å². The summed E-state index contributed by atoms with van der Waals surface area (Å²) < 4.78 is 10.7. The third-order valence-corrected chi connectivity index (χ3v) is 6.89. The molecule has 0 saturated heterocycles. The quantitative estimate of drug-likeness (QED) is 0.343. The number of halogens is 1. The first-order valence-electron chi connectivity index (χ1n) is 11.3. The summed E-state index contributed by atoms with van der Waals surface area (Å²) >= 11 is 7.56. The molecule has 4 aromatic rings. The topological polar surface area (TPSA) is 97.6 Å². The number of fused-ring (bicyclic) bond motifs is 1. The van der Waals surface area contributed by atoms with E-state index < -0.39 is 0 Å². The van der Waals surface area contributed by atoms with E-state index in [1.165, 1.54) is 11.3 Å². The molecule has 36 heavy (non-hydrogen) atoms. The zero-order valence-corrected chi connectivity index (χ0v) is 21.5. The molecule has 0 radical (unpaired) electrons. The van der Waals surface area contributed by atoms with E-state index in [9.17, 15) is 9.59 Å². The second-order valence-corrected chi connectivity index (χ2v) is 9.76. The van der Waals surface area contributed by atoms with Gasteiger partial charge in [-0.1, -0.05) is 17.7 Å². The molecule has 0 fully saturated rings. The molecule has 5 rings (SSSR count). The van der Waals surface area contributed by atoms with Gasteiger partial charge in [0.2, 0.25) is 11.7 Å². The van der Waals surface area contributed by atoms with Crippen molar-refractivity contribution in [1.29, 1.82) is 0 Å². The summed E-state index contributed by atoms with van der Waals surface area (Å²) in [6, 6.07) is 11.4. The third kappa shape index (κ3) is 4.84. The van der Waals surface area contributed by atoms with Crippen LogP contribution in [0.5, 0.6) is 5.75 Å². The van der Waals surface area contributed by atoms with Crippen molar-refractivity contribution >= 4 is 45.6 Å². The Morgan fingerprint density at radius 2 is 2.03 bits per heavy atom. The number of rotatable bonds is 6. The fourth-order valence-corrected chi connectivity index (χ4v) is 5.23. The van der Waals surface area contributed by atoms with Gasteiger partial charge in [0.15, 0.2) is 11.0 Å². The van der Waals surface area contributed by atoms with Crippen LogP contribution in [-0.2, 0) is 17.8 Å². The lowest BCUT2D eigenvalue weighted by atomic mass is 9.97. The predicted molar refractivity (Wildman–Crippen MR) is 139 cm³/mol. The number of aromatic nitrogens is 2. The Hall–Kier alpha value is -3.69. The van der Waals surface area contributed by atoms with Crippen molar-refractivity contribution in [3.8, 4) is 17.0 Å². The minimum Gasteiger partial charge on any atom is -0.497 e. The fraction of sp³-hybridized carbons (Fsp3) is 0.231. The number of amides is 2. The van der Waals surface area contributed by atoms with E-state index in [1.807, 2.05) is 29.6 Å². The molecule has 10 heteroatoms. The number of nitrogens with one attached hydrogen (secondary N) is 1. The molecule has 3 heterocycles. The average molecular weight is 523 g/mol. The highest BCUT2D eigenvalue weighted by Crippen LogP contribution is 2.35. The number of hydrogen-bond acceptors (Lipinski definition) is 7. The molecule has 1 aliphatic heterocycles. The normalized spacial score (nSPS) is 13.0. The minimum absolute atomic E-state index is 0.0609. The number of ether oxygens (including phenoxy) is 1. The van der Waals surface area contributed by atoms with Gasteiger partial charge in [-0.15, -0.1) is 11.3 Å². The van der Waals surface area contributed by atoms with Crippen LogP contribution in [0.2, 0.25) is 5.02 Å². The van der Waals surface area contributed by atoms with E-state index in [0.717, 1.165) is 28.1 Å². The van der Waals surface area contributed by atoms with Crippen molar-refractivity contribution in [2.45, 2.75) is 33.2 Å². The van der Waals surface area contributed by atoms with Crippen LogP contribution in [0.25, 0.3) is 11.3 Å². The Balaban J connectivity index is 1.36. The highest BCUT2D eigenvalue weighted by atomic mass is 35.5. The van der Waals surface area contributed by atoms with Crippen LogP contribution < -0.4 is 15.0 Å². The molecular formula is C26H23ClN4O4S. The van der Waals surface area contributed by atoms with Crippen LogP contribution >= 0.6 is 22.9 Å². The van der Waals surface area contributed by atoms with Gasteiger partial charge in [-0.25, -0.2) is 9.97 Å². The highest BCUT2D eigenvalue weighted by molar-refractivity contribution is 7.14. The van der Waals surface area contributed by atoms with E-state index in [1.54, 1.807) is 31.9 Å². The summed E-state index contributed by atoms with van der Waals surface area (Å²) in [6.07, 6.45) is 1.07. The zero-order valence-electron chi connectivity index (χ0n) is 19.9. The first-order valence-corrected chi connectivity index (χ1v) is 12.5. The highest BCUT2D eigenvalue weighted by Gasteiger charge is 2.25. The van der Waals surface area contributed by atoms with Gasteiger partial charge in [-0.2, -0.15) is 0 Å². The molecule has 0 aliphatic carbocycles. The van der Waals surface area contributed by atoms with Gasteiger partial charge in [0, 0.05) is 35.0 Å². The number of thiazole rings is 1. The Labute approximate surface area is 216 Å². The molecule has 184 valence electrons. The number of anilines is 2. The molecule has 2 aromatic carbocycles. The van der Waals surface area contributed by atoms with Crippen molar-refractivity contribution in [1.82, 2.24) is 9.97 Å². The average Bonchev–Trinajstić information content (AvgIpc) is 3.45. The number of aryl methyl sites for hydroxylation is 3. The molecule has 0 atom stereocenters. The van der Waals surface area contributed by atoms with E-state index in [2.05, 4.69) is 21.4 Å². The van der Waals surface area contributed by atoms with Gasteiger partial charge >= 0.3 is 0 Å². The van der Waals surface area contributed by atoms with Gasteiger partial charge in [0.05, 0.1) is 25.0 Å². The number of carbonyl (C=O) groups is 2. The van der Waals surface area contributed by atoms with Crippen LogP contribution in [0.4, 0.5) is 10.8 Å². The third-order valence-electron chi connectivity index (χ3n) is 5.92. The zero-order chi connectivity index (χ0) is 25.4. The van der Waals surface area contributed by atoms with Gasteiger partial charge in [0.25, 0.3) is 5.91 Å². The van der Waals surface area contributed by atoms with Crippen molar-refractivity contribution in [3.63, 3.8) is 0 Å². The molecule has 8 nitrogen and oxygen atoms in total. The minimum atomic E-state index is -0.383. The monoisotopic (exact) mass is 522 g/mol.